The second kappa shape index (κ2) is 4.43. The standard InChI is InChI=1S/C16H12ClN/c1-11-2-4-12(5-3-11)15-9-7-13-6-8-14(17)10-16(13)18-15/h2-10H,1H3. The van der Waals surface area contributed by atoms with E-state index in [0.29, 0.717) is 0 Å². The summed E-state index contributed by atoms with van der Waals surface area (Å²) >= 11 is 6.00. The molecule has 0 aliphatic rings. The molecule has 0 radical (unpaired) electrons. The molecule has 88 valence electrons. The smallest absolute Gasteiger partial charge is 0.0724 e. The quantitative estimate of drug-likeness (QED) is 0.603. The van der Waals surface area contributed by atoms with Gasteiger partial charge in [0.2, 0.25) is 0 Å². The lowest BCUT2D eigenvalue weighted by Crippen LogP contribution is -1.85. The summed E-state index contributed by atoms with van der Waals surface area (Å²) in [5.74, 6) is 0. The first kappa shape index (κ1) is 11.2. The molecule has 1 nitrogen and oxygen atoms in total. The monoisotopic (exact) mass is 253 g/mol. The summed E-state index contributed by atoms with van der Waals surface area (Å²) < 4.78 is 0. The Bertz CT molecular complexity index is 702. The van der Waals surface area contributed by atoms with Crippen molar-refractivity contribution in [3.8, 4) is 11.3 Å². The van der Waals surface area contributed by atoms with Crippen LogP contribution in [0.3, 0.4) is 0 Å². The lowest BCUT2D eigenvalue weighted by Gasteiger charge is -2.04. The first-order valence-electron chi connectivity index (χ1n) is 5.86. The van der Waals surface area contributed by atoms with Gasteiger partial charge in [-0.05, 0) is 25.1 Å². The lowest BCUT2D eigenvalue weighted by atomic mass is 10.1. The molecule has 1 heterocycles. The Morgan fingerprint density at radius 2 is 1.61 bits per heavy atom. The third-order valence-electron chi connectivity index (χ3n) is 3.00. The van der Waals surface area contributed by atoms with Crippen LogP contribution in [0.5, 0.6) is 0 Å². The molecule has 0 fully saturated rings. The van der Waals surface area contributed by atoms with E-state index in [0.717, 1.165) is 27.2 Å². The number of rotatable bonds is 1. The Morgan fingerprint density at radius 3 is 2.39 bits per heavy atom. The summed E-state index contributed by atoms with van der Waals surface area (Å²) in [5, 5.41) is 1.83. The van der Waals surface area contributed by atoms with Gasteiger partial charge in [-0.1, -0.05) is 53.6 Å². The van der Waals surface area contributed by atoms with Crippen LogP contribution in [0, 0.1) is 6.92 Å². The van der Waals surface area contributed by atoms with Crippen LogP contribution in [0.25, 0.3) is 22.2 Å². The van der Waals surface area contributed by atoms with Crippen LogP contribution in [0.15, 0.2) is 54.6 Å². The summed E-state index contributed by atoms with van der Waals surface area (Å²) in [7, 11) is 0. The van der Waals surface area contributed by atoms with Gasteiger partial charge >= 0.3 is 0 Å². The van der Waals surface area contributed by atoms with Gasteiger partial charge in [0.15, 0.2) is 0 Å². The molecular weight excluding hydrogens is 242 g/mol. The zero-order valence-electron chi connectivity index (χ0n) is 10.0. The number of hydrogen-bond donors (Lipinski definition) is 0. The van der Waals surface area contributed by atoms with Crippen molar-refractivity contribution in [2.24, 2.45) is 0 Å². The van der Waals surface area contributed by atoms with E-state index in [1.807, 2.05) is 24.3 Å². The fraction of sp³-hybridized carbons (Fsp3) is 0.0625. The van der Waals surface area contributed by atoms with Crippen molar-refractivity contribution in [2.45, 2.75) is 6.92 Å². The SMILES string of the molecule is Cc1ccc(-c2ccc3ccc(Cl)cc3n2)cc1. The van der Waals surface area contributed by atoms with Crippen LogP contribution >= 0.6 is 11.6 Å². The van der Waals surface area contributed by atoms with Crippen molar-refractivity contribution < 1.29 is 0 Å². The first-order chi connectivity index (χ1) is 8.72. The number of halogens is 1. The molecular formula is C16H12ClN. The third kappa shape index (κ3) is 2.09. The molecule has 3 rings (SSSR count). The fourth-order valence-corrected chi connectivity index (χ4v) is 2.14. The summed E-state index contributed by atoms with van der Waals surface area (Å²) in [6.07, 6.45) is 0. The molecule has 0 saturated carbocycles. The van der Waals surface area contributed by atoms with Crippen LogP contribution in [0.1, 0.15) is 5.56 Å². The molecule has 18 heavy (non-hydrogen) atoms. The molecule has 0 amide bonds. The minimum Gasteiger partial charge on any atom is -0.248 e. The number of nitrogens with zero attached hydrogens (tertiary/aromatic N) is 1. The summed E-state index contributed by atoms with van der Waals surface area (Å²) in [6, 6.07) is 18.3. The van der Waals surface area contributed by atoms with Crippen LogP contribution in [0.2, 0.25) is 5.02 Å². The van der Waals surface area contributed by atoms with E-state index in [1.165, 1.54) is 5.56 Å². The Labute approximate surface area is 111 Å². The van der Waals surface area contributed by atoms with Gasteiger partial charge in [0.25, 0.3) is 0 Å². The van der Waals surface area contributed by atoms with Gasteiger partial charge in [-0.2, -0.15) is 0 Å². The zero-order valence-corrected chi connectivity index (χ0v) is 10.8. The predicted octanol–water partition coefficient (Wildman–Crippen LogP) is 4.86. The van der Waals surface area contributed by atoms with E-state index < -0.39 is 0 Å². The minimum absolute atomic E-state index is 0.719. The lowest BCUT2D eigenvalue weighted by molar-refractivity contribution is 1.38. The van der Waals surface area contributed by atoms with Crippen molar-refractivity contribution in [1.29, 1.82) is 0 Å². The van der Waals surface area contributed by atoms with E-state index in [1.54, 1.807) is 0 Å². The Kier molecular flexibility index (Phi) is 2.77. The molecule has 3 aromatic rings. The van der Waals surface area contributed by atoms with Crippen molar-refractivity contribution in [2.75, 3.05) is 0 Å². The molecule has 0 aliphatic carbocycles. The second-order valence-corrected chi connectivity index (χ2v) is 4.84. The molecule has 0 bridgehead atoms. The van der Waals surface area contributed by atoms with Gasteiger partial charge in [-0.15, -0.1) is 0 Å². The van der Waals surface area contributed by atoms with Crippen LogP contribution in [0.4, 0.5) is 0 Å². The number of pyridine rings is 1. The molecule has 1 aromatic heterocycles. The molecule has 0 aliphatic heterocycles. The van der Waals surface area contributed by atoms with E-state index in [-0.39, 0.29) is 0 Å². The second-order valence-electron chi connectivity index (χ2n) is 4.40. The topological polar surface area (TPSA) is 12.9 Å². The molecule has 0 unspecified atom stereocenters. The number of aryl methyl sites for hydroxylation is 1. The predicted molar refractivity (Wildman–Crippen MR) is 76.9 cm³/mol. The highest BCUT2D eigenvalue weighted by Crippen LogP contribution is 2.23. The maximum Gasteiger partial charge on any atom is 0.0724 e. The molecule has 0 N–H and O–H groups in total. The van der Waals surface area contributed by atoms with Gasteiger partial charge in [0.1, 0.15) is 0 Å². The van der Waals surface area contributed by atoms with Crippen molar-refractivity contribution >= 4 is 22.5 Å². The zero-order chi connectivity index (χ0) is 12.5. The van der Waals surface area contributed by atoms with Crippen LogP contribution < -0.4 is 0 Å². The highest BCUT2D eigenvalue weighted by molar-refractivity contribution is 6.31. The largest absolute Gasteiger partial charge is 0.248 e. The Balaban J connectivity index is 2.15. The van der Waals surface area contributed by atoms with Crippen LogP contribution in [-0.4, -0.2) is 4.98 Å². The van der Waals surface area contributed by atoms with Crippen molar-refractivity contribution in [3.63, 3.8) is 0 Å². The van der Waals surface area contributed by atoms with Crippen LogP contribution in [-0.2, 0) is 0 Å². The first-order valence-corrected chi connectivity index (χ1v) is 6.23. The van der Waals surface area contributed by atoms with Crippen molar-refractivity contribution in [3.05, 3.63) is 65.2 Å². The number of aromatic nitrogens is 1. The number of hydrogen-bond acceptors (Lipinski definition) is 1. The number of fused-ring (bicyclic) bond motifs is 1. The van der Waals surface area contributed by atoms with Gasteiger partial charge in [0, 0.05) is 16.0 Å². The van der Waals surface area contributed by atoms with Crippen molar-refractivity contribution in [1.82, 2.24) is 4.98 Å². The van der Waals surface area contributed by atoms with Gasteiger partial charge in [0.05, 0.1) is 11.2 Å². The van der Waals surface area contributed by atoms with E-state index >= 15 is 0 Å². The molecule has 2 heteroatoms. The minimum atomic E-state index is 0.719. The van der Waals surface area contributed by atoms with E-state index in [4.69, 9.17) is 11.6 Å². The van der Waals surface area contributed by atoms with Gasteiger partial charge in [-0.3, -0.25) is 0 Å². The van der Waals surface area contributed by atoms with Gasteiger partial charge < -0.3 is 0 Å². The number of benzene rings is 2. The van der Waals surface area contributed by atoms with E-state index in [9.17, 15) is 0 Å². The summed E-state index contributed by atoms with van der Waals surface area (Å²) in [5.41, 5.74) is 4.29. The van der Waals surface area contributed by atoms with E-state index in [2.05, 4.69) is 42.2 Å². The Morgan fingerprint density at radius 1 is 0.889 bits per heavy atom. The molecule has 0 saturated heterocycles. The summed E-state index contributed by atoms with van der Waals surface area (Å²) in [4.78, 5) is 4.65. The average Bonchev–Trinajstić information content (AvgIpc) is 2.38. The normalized spacial score (nSPS) is 10.8. The third-order valence-corrected chi connectivity index (χ3v) is 3.24. The Hall–Kier alpha value is -1.86. The molecule has 0 spiro atoms. The highest BCUT2D eigenvalue weighted by Gasteiger charge is 2.01. The highest BCUT2D eigenvalue weighted by atomic mass is 35.5. The summed E-state index contributed by atoms with van der Waals surface area (Å²) in [6.45, 7) is 2.08. The van der Waals surface area contributed by atoms with Gasteiger partial charge in [-0.25, -0.2) is 4.98 Å². The maximum atomic E-state index is 6.00. The maximum absolute atomic E-state index is 6.00. The molecule has 0 atom stereocenters. The fourth-order valence-electron chi connectivity index (χ4n) is 1.98. The molecule has 2 aromatic carbocycles. The average molecular weight is 254 g/mol.